The van der Waals surface area contributed by atoms with Crippen LogP contribution >= 0.6 is 0 Å². The van der Waals surface area contributed by atoms with Crippen LogP contribution in [0, 0.1) is 29.6 Å². The van der Waals surface area contributed by atoms with E-state index in [0.29, 0.717) is 0 Å². The maximum Gasteiger partial charge on any atom is 0.0314 e. The quantitative estimate of drug-likeness (QED) is 0.588. The summed E-state index contributed by atoms with van der Waals surface area (Å²) in [7, 11) is 0. The maximum absolute atomic E-state index is 5.91. The second-order valence-electron chi connectivity index (χ2n) is 6.60. The van der Waals surface area contributed by atoms with Gasteiger partial charge in [0.1, 0.15) is 0 Å². The Bertz CT molecular complexity index is 260. The third-order valence-corrected chi connectivity index (χ3v) is 5.27. The fourth-order valence-electron chi connectivity index (χ4n) is 4.07. The summed E-state index contributed by atoms with van der Waals surface area (Å²) in [6.45, 7) is 2.37. The monoisotopic (exact) mass is 232 g/mol. The number of hydrogen-bond donors (Lipinski definition) is 0. The maximum atomic E-state index is 5.91. The summed E-state index contributed by atoms with van der Waals surface area (Å²) in [6, 6.07) is 0. The summed E-state index contributed by atoms with van der Waals surface area (Å²) in [6.07, 6.45) is 21.4. The van der Waals surface area contributed by atoms with Crippen LogP contribution in [0.1, 0.15) is 77.6 Å². The third kappa shape index (κ3) is 3.27. The number of hydrogen-bond acceptors (Lipinski definition) is 0. The zero-order valence-corrected chi connectivity index (χ0v) is 11.5. The molecule has 0 radical (unpaired) electrons. The van der Waals surface area contributed by atoms with E-state index >= 15 is 0 Å². The molecule has 0 heterocycles. The van der Waals surface area contributed by atoms with Crippen molar-refractivity contribution < 1.29 is 0 Å². The Hall–Kier alpha value is -0.440. The Balaban J connectivity index is 1.94. The van der Waals surface area contributed by atoms with E-state index < -0.39 is 0 Å². The van der Waals surface area contributed by atoms with E-state index in [-0.39, 0.29) is 5.41 Å². The first-order chi connectivity index (χ1) is 8.24. The van der Waals surface area contributed by atoms with Crippen molar-refractivity contribution in [3.63, 3.8) is 0 Å². The first-order valence-electron chi connectivity index (χ1n) is 7.72. The molecule has 1 atom stereocenters. The van der Waals surface area contributed by atoms with E-state index in [9.17, 15) is 0 Å². The fourth-order valence-corrected chi connectivity index (χ4v) is 4.07. The molecule has 0 amide bonds. The molecule has 0 aromatic heterocycles. The van der Waals surface area contributed by atoms with Gasteiger partial charge in [0.05, 0.1) is 0 Å². The minimum atomic E-state index is 0.197. The van der Waals surface area contributed by atoms with Crippen LogP contribution in [0.15, 0.2) is 0 Å². The van der Waals surface area contributed by atoms with Crippen molar-refractivity contribution >= 4 is 0 Å². The van der Waals surface area contributed by atoms with Gasteiger partial charge in [-0.2, -0.15) is 0 Å². The minimum Gasteiger partial charge on any atom is -0.120 e. The molecule has 0 aromatic rings. The zero-order valence-electron chi connectivity index (χ0n) is 11.5. The summed E-state index contributed by atoms with van der Waals surface area (Å²) < 4.78 is 0. The average molecular weight is 232 g/mol. The Kier molecular flexibility index (Phi) is 4.55. The highest BCUT2D eigenvalue weighted by Crippen LogP contribution is 2.44. The van der Waals surface area contributed by atoms with Gasteiger partial charge >= 0.3 is 0 Å². The molecule has 0 heteroatoms. The molecule has 0 unspecified atom stereocenters. The molecule has 17 heavy (non-hydrogen) atoms. The highest BCUT2D eigenvalue weighted by Gasteiger charge is 2.35. The molecule has 2 fully saturated rings. The smallest absolute Gasteiger partial charge is 0.0314 e. The molecule has 96 valence electrons. The molecule has 0 nitrogen and oxygen atoms in total. The van der Waals surface area contributed by atoms with Gasteiger partial charge in [0.2, 0.25) is 0 Å². The molecule has 0 spiro atoms. The molecule has 0 bridgehead atoms. The van der Waals surface area contributed by atoms with Crippen molar-refractivity contribution in [3.8, 4) is 12.3 Å². The van der Waals surface area contributed by atoms with Crippen LogP contribution in [0.4, 0.5) is 0 Å². The topological polar surface area (TPSA) is 0 Å². The van der Waals surface area contributed by atoms with Gasteiger partial charge in [0.15, 0.2) is 0 Å². The Morgan fingerprint density at radius 3 is 2.00 bits per heavy atom. The lowest BCUT2D eigenvalue weighted by molar-refractivity contribution is 0.147. The first-order valence-corrected chi connectivity index (χ1v) is 7.72. The second-order valence-corrected chi connectivity index (χ2v) is 6.60. The lowest BCUT2D eigenvalue weighted by atomic mass is 9.65. The van der Waals surface area contributed by atoms with Crippen molar-refractivity contribution in [3.05, 3.63) is 0 Å². The van der Waals surface area contributed by atoms with Crippen molar-refractivity contribution in [2.75, 3.05) is 0 Å². The summed E-state index contributed by atoms with van der Waals surface area (Å²) in [5, 5.41) is 0. The largest absolute Gasteiger partial charge is 0.120 e. The van der Waals surface area contributed by atoms with Crippen molar-refractivity contribution in [1.82, 2.24) is 0 Å². The molecule has 0 aliphatic heterocycles. The van der Waals surface area contributed by atoms with Gasteiger partial charge in [-0.3, -0.25) is 0 Å². The Labute approximate surface area is 108 Å². The van der Waals surface area contributed by atoms with E-state index in [4.69, 9.17) is 6.42 Å². The summed E-state index contributed by atoms with van der Waals surface area (Å²) in [5.41, 5.74) is 0.197. The average Bonchev–Trinajstić information content (AvgIpc) is 2.41. The van der Waals surface area contributed by atoms with Gasteiger partial charge in [-0.15, -0.1) is 6.42 Å². The van der Waals surface area contributed by atoms with Crippen molar-refractivity contribution in [1.29, 1.82) is 0 Å². The standard InChI is InChI=1S/C17H28/c1-3-17(2,16-12-8-5-9-13-16)14-15-10-6-4-7-11-15/h1,15-16H,4-14H2,2H3/t17-/m0/s1. The van der Waals surface area contributed by atoms with Crippen LogP contribution in [-0.2, 0) is 0 Å². The van der Waals surface area contributed by atoms with Crippen molar-refractivity contribution in [2.45, 2.75) is 77.6 Å². The van der Waals surface area contributed by atoms with Crippen LogP contribution in [0.5, 0.6) is 0 Å². The van der Waals surface area contributed by atoms with Crippen LogP contribution in [-0.4, -0.2) is 0 Å². The van der Waals surface area contributed by atoms with Gasteiger partial charge in [-0.1, -0.05) is 57.3 Å². The molecular formula is C17H28. The SMILES string of the molecule is C#C[C@@](C)(CC1CCCCC1)C1CCCCC1. The lowest BCUT2D eigenvalue weighted by Gasteiger charge is -2.39. The summed E-state index contributed by atoms with van der Waals surface area (Å²) >= 11 is 0. The highest BCUT2D eigenvalue weighted by atomic mass is 14.4. The molecule has 2 saturated carbocycles. The van der Waals surface area contributed by atoms with Gasteiger partial charge in [0.25, 0.3) is 0 Å². The molecule has 0 aromatic carbocycles. The number of rotatable bonds is 3. The molecule has 2 rings (SSSR count). The van der Waals surface area contributed by atoms with Crippen LogP contribution in [0.25, 0.3) is 0 Å². The predicted octanol–water partition coefficient (Wildman–Crippen LogP) is 5.18. The van der Waals surface area contributed by atoms with Crippen LogP contribution in [0.2, 0.25) is 0 Å². The van der Waals surface area contributed by atoms with Crippen molar-refractivity contribution in [2.24, 2.45) is 17.3 Å². The van der Waals surface area contributed by atoms with Gasteiger partial charge < -0.3 is 0 Å². The Morgan fingerprint density at radius 1 is 0.941 bits per heavy atom. The van der Waals surface area contributed by atoms with E-state index in [1.807, 2.05) is 0 Å². The Morgan fingerprint density at radius 2 is 1.47 bits per heavy atom. The molecule has 2 aliphatic carbocycles. The molecule has 0 saturated heterocycles. The summed E-state index contributed by atoms with van der Waals surface area (Å²) in [5.74, 6) is 4.93. The highest BCUT2D eigenvalue weighted by molar-refractivity contribution is 5.07. The van der Waals surface area contributed by atoms with Crippen LogP contribution in [0.3, 0.4) is 0 Å². The number of terminal acetylenes is 1. The molecular weight excluding hydrogens is 204 g/mol. The van der Waals surface area contributed by atoms with E-state index in [0.717, 1.165) is 11.8 Å². The predicted molar refractivity (Wildman–Crippen MR) is 74.7 cm³/mol. The minimum absolute atomic E-state index is 0.197. The van der Waals surface area contributed by atoms with E-state index in [1.165, 1.54) is 70.6 Å². The zero-order chi connectivity index (χ0) is 12.1. The van der Waals surface area contributed by atoms with Gasteiger partial charge in [-0.05, 0) is 38.0 Å². The van der Waals surface area contributed by atoms with Gasteiger partial charge in [-0.25, -0.2) is 0 Å². The summed E-state index contributed by atoms with van der Waals surface area (Å²) in [4.78, 5) is 0. The molecule has 2 aliphatic rings. The normalized spacial score (nSPS) is 27.3. The second kappa shape index (κ2) is 5.94. The lowest BCUT2D eigenvalue weighted by Crippen LogP contribution is -2.30. The van der Waals surface area contributed by atoms with Crippen LogP contribution < -0.4 is 0 Å². The van der Waals surface area contributed by atoms with Gasteiger partial charge in [0, 0.05) is 5.41 Å². The fraction of sp³-hybridized carbons (Fsp3) is 0.882. The third-order valence-electron chi connectivity index (χ3n) is 5.27. The molecule has 0 N–H and O–H groups in total. The van der Waals surface area contributed by atoms with E-state index in [1.54, 1.807) is 0 Å². The first kappa shape index (κ1) is 13.0. The van der Waals surface area contributed by atoms with E-state index in [2.05, 4.69) is 12.8 Å².